The molecule has 1 aromatic heterocycles. The lowest BCUT2D eigenvalue weighted by Crippen LogP contribution is -2.40. The van der Waals surface area contributed by atoms with Crippen LogP contribution in [-0.4, -0.2) is 28.8 Å². The molecule has 2 heterocycles. The van der Waals surface area contributed by atoms with Crippen molar-refractivity contribution in [3.05, 3.63) is 50.2 Å². The molecular formula is C17H18N4O5. The molecule has 2 aromatic rings. The molecule has 0 atom stereocenters. The van der Waals surface area contributed by atoms with Crippen LogP contribution >= 0.6 is 0 Å². The number of benzene rings is 1. The van der Waals surface area contributed by atoms with E-state index < -0.39 is 17.2 Å². The van der Waals surface area contributed by atoms with Crippen LogP contribution in [-0.2, 0) is 18.9 Å². The van der Waals surface area contributed by atoms with Gasteiger partial charge < -0.3 is 20.5 Å². The van der Waals surface area contributed by atoms with Crippen LogP contribution < -0.4 is 31.8 Å². The minimum absolute atomic E-state index is 0.0258. The van der Waals surface area contributed by atoms with E-state index in [4.69, 9.17) is 15.2 Å². The second kappa shape index (κ2) is 6.43. The summed E-state index contributed by atoms with van der Waals surface area (Å²) in [5.41, 5.74) is 5.31. The first-order chi connectivity index (χ1) is 12.3. The highest BCUT2D eigenvalue weighted by Crippen LogP contribution is 2.34. The predicted octanol–water partition coefficient (Wildman–Crippen LogP) is 0.0893. The number of nitrogens with zero attached hydrogens (tertiary/aromatic N) is 2. The summed E-state index contributed by atoms with van der Waals surface area (Å²) < 4.78 is 12.8. The zero-order valence-corrected chi connectivity index (χ0v) is 14.5. The van der Waals surface area contributed by atoms with Crippen LogP contribution in [0.5, 0.6) is 11.5 Å². The molecule has 0 saturated carbocycles. The molecule has 0 aliphatic carbocycles. The van der Waals surface area contributed by atoms with Crippen LogP contribution in [0.3, 0.4) is 0 Å². The summed E-state index contributed by atoms with van der Waals surface area (Å²) in [6.07, 6.45) is 1.63. The fourth-order valence-corrected chi connectivity index (χ4v) is 2.64. The first-order valence-electron chi connectivity index (χ1n) is 7.72. The van der Waals surface area contributed by atoms with Crippen LogP contribution in [0, 0.1) is 0 Å². The highest BCUT2D eigenvalue weighted by molar-refractivity contribution is 6.08. The van der Waals surface area contributed by atoms with Gasteiger partial charge in [0.05, 0.1) is 18.2 Å². The van der Waals surface area contributed by atoms with Crippen molar-refractivity contribution in [2.24, 2.45) is 14.1 Å². The van der Waals surface area contributed by atoms with E-state index in [-0.39, 0.29) is 23.7 Å². The van der Waals surface area contributed by atoms with E-state index in [0.29, 0.717) is 17.1 Å². The number of hydrogen-bond donors (Lipinski definition) is 2. The van der Waals surface area contributed by atoms with Crippen molar-refractivity contribution in [1.29, 1.82) is 0 Å². The molecule has 3 rings (SSSR count). The molecule has 3 N–H and O–H groups in total. The van der Waals surface area contributed by atoms with Gasteiger partial charge in [0.15, 0.2) is 0 Å². The molecule has 1 aliphatic rings. The summed E-state index contributed by atoms with van der Waals surface area (Å²) in [7, 11) is 4.24. The first-order valence-corrected chi connectivity index (χ1v) is 7.72. The van der Waals surface area contributed by atoms with Gasteiger partial charge in [0.25, 0.3) is 11.5 Å². The molecule has 0 bridgehead atoms. The Morgan fingerprint density at radius 3 is 2.69 bits per heavy atom. The number of nitrogens with two attached hydrogens (primary N) is 1. The van der Waals surface area contributed by atoms with E-state index >= 15 is 0 Å². The summed E-state index contributed by atoms with van der Waals surface area (Å²) in [5, 5.41) is 2.48. The fraction of sp³-hybridized carbons (Fsp3) is 0.235. The van der Waals surface area contributed by atoms with E-state index in [0.717, 1.165) is 9.13 Å². The van der Waals surface area contributed by atoms with Crippen molar-refractivity contribution in [2.45, 2.75) is 0 Å². The van der Waals surface area contributed by atoms with Gasteiger partial charge in [-0.3, -0.25) is 18.7 Å². The van der Waals surface area contributed by atoms with Gasteiger partial charge in [-0.05, 0) is 18.2 Å². The number of rotatable bonds is 3. The third-order valence-corrected chi connectivity index (χ3v) is 4.19. The first kappa shape index (κ1) is 17.3. The van der Waals surface area contributed by atoms with E-state index in [1.807, 2.05) is 0 Å². The minimum Gasteiger partial charge on any atom is -0.496 e. The Morgan fingerprint density at radius 2 is 2.00 bits per heavy atom. The van der Waals surface area contributed by atoms with Crippen LogP contribution in [0.2, 0.25) is 0 Å². The smallest absolute Gasteiger partial charge is 0.332 e. The van der Waals surface area contributed by atoms with E-state index in [1.165, 1.54) is 21.2 Å². The van der Waals surface area contributed by atoms with E-state index in [2.05, 4.69) is 5.32 Å². The lowest BCUT2D eigenvalue weighted by Gasteiger charge is -2.20. The minimum atomic E-state index is -0.686. The molecule has 1 amide bonds. The zero-order chi connectivity index (χ0) is 19.0. The lowest BCUT2D eigenvalue weighted by molar-refractivity contribution is -0.113. The average Bonchev–Trinajstić information content (AvgIpc) is 2.67. The normalized spacial score (nSPS) is 12.7. The molecule has 0 radical (unpaired) electrons. The number of ether oxygens (including phenoxy) is 2. The molecule has 9 nitrogen and oxygen atoms in total. The second-order valence-corrected chi connectivity index (χ2v) is 5.75. The van der Waals surface area contributed by atoms with Crippen LogP contribution in [0.1, 0.15) is 5.56 Å². The highest BCUT2D eigenvalue weighted by Gasteiger charge is 2.22. The quantitative estimate of drug-likeness (QED) is 0.803. The third-order valence-electron chi connectivity index (χ3n) is 4.19. The van der Waals surface area contributed by atoms with Crippen molar-refractivity contribution in [2.75, 3.05) is 24.8 Å². The lowest BCUT2D eigenvalue weighted by atomic mass is 10.1. The van der Waals surface area contributed by atoms with Gasteiger partial charge in [-0.2, -0.15) is 0 Å². The van der Waals surface area contributed by atoms with E-state index in [9.17, 15) is 14.4 Å². The van der Waals surface area contributed by atoms with Crippen molar-refractivity contribution in [3.8, 4) is 11.5 Å². The number of nitrogen functional groups attached to an aromatic ring is 1. The Hall–Kier alpha value is -3.49. The molecule has 9 heteroatoms. The monoisotopic (exact) mass is 358 g/mol. The third kappa shape index (κ3) is 2.73. The molecular weight excluding hydrogens is 340 g/mol. The number of hydrogen-bond acceptors (Lipinski definition) is 6. The van der Waals surface area contributed by atoms with Gasteiger partial charge >= 0.3 is 5.69 Å². The predicted molar refractivity (Wildman–Crippen MR) is 96.4 cm³/mol. The molecule has 0 unspecified atom stereocenters. The maximum Gasteiger partial charge on any atom is 0.332 e. The Labute approximate surface area is 148 Å². The van der Waals surface area contributed by atoms with Gasteiger partial charge in [0, 0.05) is 14.1 Å². The van der Waals surface area contributed by atoms with Gasteiger partial charge in [0.2, 0.25) is 0 Å². The van der Waals surface area contributed by atoms with Crippen LogP contribution in [0.25, 0.3) is 6.08 Å². The molecule has 0 spiro atoms. The van der Waals surface area contributed by atoms with Crippen molar-refractivity contribution >= 4 is 23.5 Å². The topological polar surface area (TPSA) is 118 Å². The molecule has 136 valence electrons. The Morgan fingerprint density at radius 1 is 1.27 bits per heavy atom. The van der Waals surface area contributed by atoms with Gasteiger partial charge in [0.1, 0.15) is 29.6 Å². The van der Waals surface area contributed by atoms with E-state index in [1.54, 1.807) is 24.3 Å². The van der Waals surface area contributed by atoms with Crippen molar-refractivity contribution in [1.82, 2.24) is 9.13 Å². The number of anilines is 2. The van der Waals surface area contributed by atoms with Crippen LogP contribution in [0.4, 0.5) is 11.5 Å². The highest BCUT2D eigenvalue weighted by atomic mass is 16.5. The molecule has 0 fully saturated rings. The molecule has 26 heavy (non-hydrogen) atoms. The Balaban J connectivity index is 1.99. The SMILES string of the molecule is COc1cccc2c1C=C(C(=O)Nc1c(N)n(C)c(=O)n(C)c1=O)CO2. The number of carbonyl (C=O) groups is 1. The van der Waals surface area contributed by atoms with Crippen molar-refractivity contribution in [3.63, 3.8) is 0 Å². The number of carbonyl (C=O) groups excluding carboxylic acids is 1. The fourth-order valence-electron chi connectivity index (χ4n) is 2.64. The maximum atomic E-state index is 12.6. The molecule has 0 saturated heterocycles. The van der Waals surface area contributed by atoms with Crippen LogP contribution in [0.15, 0.2) is 33.4 Å². The number of aromatic nitrogens is 2. The summed E-state index contributed by atoms with van der Waals surface area (Å²) in [4.78, 5) is 36.7. The number of amides is 1. The van der Waals surface area contributed by atoms with Gasteiger partial charge in [-0.1, -0.05) is 6.07 Å². The summed E-state index contributed by atoms with van der Waals surface area (Å²) in [6.45, 7) is 0.0258. The summed E-state index contributed by atoms with van der Waals surface area (Å²) in [5.74, 6) is 0.481. The second-order valence-electron chi connectivity index (χ2n) is 5.75. The number of methoxy groups -OCH3 is 1. The molecule has 1 aromatic carbocycles. The van der Waals surface area contributed by atoms with Crippen molar-refractivity contribution < 1.29 is 14.3 Å². The molecule has 1 aliphatic heterocycles. The summed E-state index contributed by atoms with van der Waals surface area (Å²) >= 11 is 0. The van der Waals surface area contributed by atoms with Gasteiger partial charge in [-0.15, -0.1) is 0 Å². The Bertz CT molecular complexity index is 1050. The number of nitrogens with one attached hydrogen (secondary N) is 1. The Kier molecular flexibility index (Phi) is 4.29. The number of fused-ring (bicyclic) bond motifs is 1. The maximum absolute atomic E-state index is 12.6. The zero-order valence-electron chi connectivity index (χ0n) is 14.5. The average molecular weight is 358 g/mol. The summed E-state index contributed by atoms with van der Waals surface area (Å²) in [6, 6.07) is 5.30. The largest absolute Gasteiger partial charge is 0.496 e. The standard InChI is InChI=1S/C17H18N4O5/c1-20-14(18)13(16(23)21(2)17(20)24)19-15(22)9-7-10-11(25-3)5-4-6-12(10)26-8-9/h4-7H,8,18H2,1-3H3,(H,19,22). The van der Waals surface area contributed by atoms with Gasteiger partial charge in [-0.25, -0.2) is 4.79 Å².